The number of carbonyl (C=O) groups excluding carboxylic acids is 1. The van der Waals surface area contributed by atoms with Crippen LogP contribution < -0.4 is 5.32 Å². The predicted octanol–water partition coefficient (Wildman–Crippen LogP) is 3.85. The second-order valence-corrected chi connectivity index (χ2v) is 6.27. The number of benzene rings is 2. The molecule has 0 spiro atoms. The van der Waals surface area contributed by atoms with Crippen LogP contribution in [0, 0.1) is 5.82 Å². The van der Waals surface area contributed by atoms with Gasteiger partial charge in [0.25, 0.3) is 0 Å². The summed E-state index contributed by atoms with van der Waals surface area (Å²) in [6.45, 7) is 0.609. The van der Waals surface area contributed by atoms with E-state index in [1.54, 1.807) is 12.1 Å². The van der Waals surface area contributed by atoms with Crippen LogP contribution in [-0.4, -0.2) is 17.4 Å². The molecule has 0 saturated carbocycles. The van der Waals surface area contributed by atoms with Crippen molar-refractivity contribution in [2.24, 2.45) is 0 Å². The molecule has 3 rings (SSSR count). The van der Waals surface area contributed by atoms with Crippen LogP contribution in [-0.2, 0) is 17.6 Å². The van der Waals surface area contributed by atoms with E-state index >= 15 is 0 Å². The third-order valence-electron chi connectivity index (χ3n) is 3.56. The Kier molecular flexibility index (Phi) is 5.33. The van der Waals surface area contributed by atoms with Crippen molar-refractivity contribution in [3.63, 3.8) is 0 Å². The van der Waals surface area contributed by atoms with Gasteiger partial charge in [-0.15, -0.1) is 11.3 Å². The molecule has 1 heterocycles. The highest BCUT2D eigenvalue weighted by molar-refractivity contribution is 7.13. The van der Waals surface area contributed by atoms with Crippen LogP contribution in [0.25, 0.3) is 10.6 Å². The highest BCUT2D eigenvalue weighted by Crippen LogP contribution is 2.24. The number of amides is 1. The summed E-state index contributed by atoms with van der Waals surface area (Å²) in [4.78, 5) is 16.4. The van der Waals surface area contributed by atoms with E-state index in [4.69, 9.17) is 0 Å². The van der Waals surface area contributed by atoms with E-state index in [-0.39, 0.29) is 18.1 Å². The molecule has 0 atom stereocenters. The van der Waals surface area contributed by atoms with Crippen LogP contribution in [0.4, 0.5) is 4.39 Å². The summed E-state index contributed by atoms with van der Waals surface area (Å²) >= 11 is 1.46. The number of rotatable bonds is 6. The van der Waals surface area contributed by atoms with Crippen molar-refractivity contribution in [1.82, 2.24) is 10.3 Å². The van der Waals surface area contributed by atoms with E-state index in [0.717, 1.165) is 22.7 Å². The number of nitrogens with zero attached hydrogens (tertiary/aromatic N) is 1. The Labute approximate surface area is 144 Å². The van der Waals surface area contributed by atoms with Gasteiger partial charge in [0.15, 0.2) is 0 Å². The second kappa shape index (κ2) is 7.84. The maximum Gasteiger partial charge on any atom is 0.226 e. The highest BCUT2D eigenvalue weighted by atomic mass is 32.1. The number of hydrogen-bond acceptors (Lipinski definition) is 3. The van der Waals surface area contributed by atoms with Gasteiger partial charge in [0, 0.05) is 17.5 Å². The molecule has 1 N–H and O–H groups in total. The number of aromatic nitrogens is 1. The minimum atomic E-state index is -0.270. The number of hydrogen-bond donors (Lipinski definition) is 1. The molecule has 2 aromatic carbocycles. The van der Waals surface area contributed by atoms with Crippen LogP contribution in [0.2, 0.25) is 0 Å². The zero-order valence-corrected chi connectivity index (χ0v) is 13.9. The van der Waals surface area contributed by atoms with Crippen LogP contribution in [0.15, 0.2) is 60.0 Å². The fourth-order valence-corrected chi connectivity index (χ4v) is 3.16. The molecule has 0 bridgehead atoms. The van der Waals surface area contributed by atoms with Crippen LogP contribution >= 0.6 is 11.3 Å². The van der Waals surface area contributed by atoms with Crippen molar-refractivity contribution < 1.29 is 9.18 Å². The molecule has 0 aliphatic carbocycles. The average Bonchev–Trinajstić information content (AvgIpc) is 3.05. The van der Waals surface area contributed by atoms with E-state index in [0.29, 0.717) is 6.54 Å². The van der Waals surface area contributed by atoms with Gasteiger partial charge in [0.05, 0.1) is 12.1 Å². The minimum absolute atomic E-state index is 0.0399. The molecular formula is C19H17FN2OS. The van der Waals surface area contributed by atoms with Gasteiger partial charge in [-0.2, -0.15) is 0 Å². The summed E-state index contributed by atoms with van der Waals surface area (Å²) in [6, 6.07) is 16.2. The van der Waals surface area contributed by atoms with Crippen molar-refractivity contribution >= 4 is 17.2 Å². The molecule has 122 valence electrons. The van der Waals surface area contributed by atoms with Crippen LogP contribution in [0.3, 0.4) is 0 Å². The third-order valence-corrected chi connectivity index (χ3v) is 4.50. The lowest BCUT2D eigenvalue weighted by atomic mass is 10.1. The summed E-state index contributed by atoms with van der Waals surface area (Å²) in [5.41, 5.74) is 2.79. The molecule has 0 aliphatic rings. The highest BCUT2D eigenvalue weighted by Gasteiger charge is 2.09. The lowest BCUT2D eigenvalue weighted by Crippen LogP contribution is -2.27. The maximum atomic E-state index is 13.0. The number of halogens is 1. The summed E-state index contributed by atoms with van der Waals surface area (Å²) in [5, 5.41) is 5.58. The van der Waals surface area contributed by atoms with Crippen molar-refractivity contribution in [2.75, 3.05) is 6.54 Å². The Hall–Kier alpha value is -2.53. The second-order valence-electron chi connectivity index (χ2n) is 5.41. The molecule has 3 nitrogen and oxygen atoms in total. The Morgan fingerprint density at radius 2 is 1.83 bits per heavy atom. The maximum absolute atomic E-state index is 13.0. The lowest BCUT2D eigenvalue weighted by molar-refractivity contribution is -0.120. The molecule has 1 amide bonds. The van der Waals surface area contributed by atoms with Crippen molar-refractivity contribution in [2.45, 2.75) is 12.8 Å². The Morgan fingerprint density at radius 1 is 1.08 bits per heavy atom. The first-order valence-electron chi connectivity index (χ1n) is 7.72. The van der Waals surface area contributed by atoms with E-state index in [1.165, 1.54) is 29.0 Å². The van der Waals surface area contributed by atoms with E-state index in [9.17, 15) is 9.18 Å². The van der Waals surface area contributed by atoms with Gasteiger partial charge in [-0.05, 0) is 36.2 Å². The molecule has 0 aliphatic heterocycles. The molecule has 0 radical (unpaired) electrons. The van der Waals surface area contributed by atoms with Gasteiger partial charge < -0.3 is 5.32 Å². The third kappa shape index (κ3) is 4.49. The lowest BCUT2D eigenvalue weighted by Gasteiger charge is -2.04. The quantitative estimate of drug-likeness (QED) is 0.740. The van der Waals surface area contributed by atoms with Crippen LogP contribution in [0.1, 0.15) is 11.3 Å². The number of carbonyl (C=O) groups is 1. The Morgan fingerprint density at radius 3 is 2.58 bits per heavy atom. The summed E-state index contributed by atoms with van der Waals surface area (Å²) in [6.07, 6.45) is 1.07. The van der Waals surface area contributed by atoms with Gasteiger partial charge in [-0.1, -0.05) is 30.3 Å². The van der Waals surface area contributed by atoms with E-state index < -0.39 is 0 Å². The molecule has 0 fully saturated rings. The molecule has 0 saturated heterocycles. The Bertz CT molecular complexity index is 800. The van der Waals surface area contributed by atoms with Gasteiger partial charge >= 0.3 is 0 Å². The first-order valence-corrected chi connectivity index (χ1v) is 8.59. The topological polar surface area (TPSA) is 42.0 Å². The molecule has 1 aromatic heterocycles. The SMILES string of the molecule is O=C(Cc1csc(-c2ccc(F)cc2)n1)NCCc1ccccc1. The van der Waals surface area contributed by atoms with Gasteiger partial charge in [-0.25, -0.2) is 9.37 Å². The van der Waals surface area contributed by atoms with E-state index in [1.807, 2.05) is 35.7 Å². The summed E-state index contributed by atoms with van der Waals surface area (Å²) in [7, 11) is 0. The van der Waals surface area contributed by atoms with Crippen molar-refractivity contribution in [3.05, 3.63) is 77.1 Å². The predicted molar refractivity (Wildman–Crippen MR) is 94.4 cm³/mol. The normalized spacial score (nSPS) is 10.5. The minimum Gasteiger partial charge on any atom is -0.355 e. The zero-order valence-electron chi connectivity index (χ0n) is 13.0. The Balaban J connectivity index is 1.51. The average molecular weight is 340 g/mol. The number of thiazole rings is 1. The largest absolute Gasteiger partial charge is 0.355 e. The first-order chi connectivity index (χ1) is 11.7. The van der Waals surface area contributed by atoms with E-state index in [2.05, 4.69) is 10.3 Å². The zero-order chi connectivity index (χ0) is 16.8. The molecule has 5 heteroatoms. The van der Waals surface area contributed by atoms with Gasteiger partial charge in [0.2, 0.25) is 5.91 Å². The molecule has 0 unspecified atom stereocenters. The summed E-state index contributed by atoms with van der Waals surface area (Å²) in [5.74, 6) is -0.310. The molecule has 24 heavy (non-hydrogen) atoms. The van der Waals surface area contributed by atoms with Gasteiger partial charge in [-0.3, -0.25) is 4.79 Å². The van der Waals surface area contributed by atoms with Crippen molar-refractivity contribution in [3.8, 4) is 10.6 Å². The first kappa shape index (κ1) is 16.3. The monoisotopic (exact) mass is 340 g/mol. The standard InChI is InChI=1S/C19H17FN2OS/c20-16-8-6-15(7-9-16)19-22-17(13-24-19)12-18(23)21-11-10-14-4-2-1-3-5-14/h1-9,13H,10-12H2,(H,21,23). The fourth-order valence-electron chi connectivity index (χ4n) is 2.33. The van der Waals surface area contributed by atoms with Crippen LogP contribution in [0.5, 0.6) is 0 Å². The van der Waals surface area contributed by atoms with Crippen molar-refractivity contribution in [1.29, 1.82) is 0 Å². The fraction of sp³-hybridized carbons (Fsp3) is 0.158. The molecule has 3 aromatic rings. The number of nitrogens with one attached hydrogen (secondary N) is 1. The smallest absolute Gasteiger partial charge is 0.226 e. The molecular weight excluding hydrogens is 323 g/mol. The van der Waals surface area contributed by atoms with Gasteiger partial charge in [0.1, 0.15) is 10.8 Å². The summed E-state index contributed by atoms with van der Waals surface area (Å²) < 4.78 is 13.0.